The number of ether oxygens (including phenoxy) is 3. The first kappa shape index (κ1) is 33.3. The number of piperidine rings is 1. The molecule has 15 heteroatoms. The quantitative estimate of drug-likeness (QED) is 0.173. The van der Waals surface area contributed by atoms with Crippen LogP contribution in [-0.2, 0) is 9.53 Å². The lowest BCUT2D eigenvalue weighted by Crippen LogP contribution is -2.63. The highest BCUT2D eigenvalue weighted by atomic mass is 19.4. The number of carbonyl (C=O) groups is 1. The van der Waals surface area contributed by atoms with E-state index in [9.17, 15) is 22.4 Å². The molecule has 0 bridgehead atoms. The third kappa shape index (κ3) is 5.91. The number of aromatic nitrogens is 4. The van der Waals surface area contributed by atoms with E-state index in [2.05, 4.69) is 26.6 Å². The summed E-state index contributed by atoms with van der Waals surface area (Å²) in [6.07, 6.45) is 0.155. The maximum atomic E-state index is 14.0. The summed E-state index contributed by atoms with van der Waals surface area (Å²) in [6.45, 7) is 8.37. The molecule has 1 amide bonds. The van der Waals surface area contributed by atoms with Gasteiger partial charge in [0.05, 0.1) is 31.0 Å². The monoisotopic (exact) mass is 721 g/mol. The number of carbonyl (C=O) groups excluding carboxylic acids is 1. The number of H-pyrrole nitrogens is 1. The maximum Gasteiger partial charge on any atom is 0.422 e. The molecule has 2 aromatic carbocycles. The summed E-state index contributed by atoms with van der Waals surface area (Å²) >= 11 is 0. The summed E-state index contributed by atoms with van der Waals surface area (Å²) in [6, 6.07) is 6.33. The van der Waals surface area contributed by atoms with Gasteiger partial charge in [-0.3, -0.25) is 14.8 Å². The molecule has 2 aromatic heterocycles. The van der Waals surface area contributed by atoms with Gasteiger partial charge in [0.15, 0.2) is 18.2 Å². The number of rotatable bonds is 9. The Bertz CT molecular complexity index is 2070. The third-order valence-corrected chi connectivity index (χ3v) is 11.4. The van der Waals surface area contributed by atoms with Crippen LogP contribution < -0.4 is 14.4 Å². The lowest BCUT2D eigenvalue weighted by molar-refractivity contribution is -0.153. The van der Waals surface area contributed by atoms with E-state index in [1.807, 2.05) is 25.1 Å². The van der Waals surface area contributed by atoms with Crippen LogP contribution in [0.1, 0.15) is 42.7 Å². The fraction of sp³-hybridized carbons (Fsp3) is 0.514. The van der Waals surface area contributed by atoms with Gasteiger partial charge in [-0.15, -0.1) is 0 Å². The number of anilines is 1. The Morgan fingerprint density at radius 2 is 1.85 bits per heavy atom. The number of nitrogens with zero attached hydrogens (tertiary/aromatic N) is 6. The molecule has 1 spiro atoms. The highest BCUT2D eigenvalue weighted by Crippen LogP contribution is 2.53. The molecule has 1 saturated carbocycles. The molecule has 274 valence electrons. The van der Waals surface area contributed by atoms with E-state index in [4.69, 9.17) is 24.2 Å². The number of hydrogen-bond acceptors (Lipinski definition) is 9. The van der Waals surface area contributed by atoms with E-state index in [1.165, 1.54) is 4.90 Å². The predicted molar refractivity (Wildman–Crippen MR) is 184 cm³/mol. The normalized spacial score (nSPS) is 20.9. The standard InChI is InChI=1S/C37H39F4N7O4/c1-20-3-6-28-27(12-42-45-28)29(20)30-25(22-4-5-22)11-26-31(32(30)51-19-37(39,40)41)43-35(52-24-13-47(14-24)23-15-50-16-23)44-33(26)46-9-7-36(8-10-46)17-48(18-36)34(49)21(2)38/h3,6,11-12,22-24H,2,4-5,7-10,13-19H2,1H3,(H,42,45). The number of alkyl halides is 3. The molecule has 4 saturated heterocycles. The highest BCUT2D eigenvalue weighted by molar-refractivity contribution is 6.06. The molecule has 1 N–H and O–H groups in total. The number of fused-ring (bicyclic) bond motifs is 2. The van der Waals surface area contributed by atoms with Crippen molar-refractivity contribution in [3.63, 3.8) is 0 Å². The van der Waals surface area contributed by atoms with Crippen molar-refractivity contribution in [2.75, 3.05) is 64.0 Å². The van der Waals surface area contributed by atoms with Crippen LogP contribution in [0.25, 0.3) is 32.9 Å². The fourth-order valence-electron chi connectivity index (χ4n) is 8.25. The van der Waals surface area contributed by atoms with Gasteiger partial charge in [-0.05, 0) is 67.3 Å². The number of aryl methyl sites for hydroxylation is 1. The van der Waals surface area contributed by atoms with Crippen molar-refractivity contribution in [1.29, 1.82) is 0 Å². The fourth-order valence-corrected chi connectivity index (χ4v) is 8.25. The van der Waals surface area contributed by atoms with Crippen molar-refractivity contribution >= 4 is 33.5 Å². The minimum atomic E-state index is -4.60. The minimum Gasteiger partial charge on any atom is -0.481 e. The largest absolute Gasteiger partial charge is 0.481 e. The van der Waals surface area contributed by atoms with Crippen LogP contribution in [0.15, 0.2) is 36.8 Å². The Kier molecular flexibility index (Phi) is 7.88. The van der Waals surface area contributed by atoms with E-state index in [0.717, 1.165) is 53.3 Å². The van der Waals surface area contributed by atoms with Gasteiger partial charge in [-0.2, -0.15) is 28.2 Å². The van der Waals surface area contributed by atoms with Crippen molar-refractivity contribution < 1.29 is 36.6 Å². The second-order valence-electron chi connectivity index (χ2n) is 15.1. The topological polar surface area (TPSA) is 109 Å². The summed E-state index contributed by atoms with van der Waals surface area (Å²) in [7, 11) is 0. The van der Waals surface area contributed by atoms with Gasteiger partial charge in [-0.25, -0.2) is 4.39 Å². The summed E-state index contributed by atoms with van der Waals surface area (Å²) in [5, 5.41) is 8.64. The van der Waals surface area contributed by atoms with Crippen molar-refractivity contribution in [3.05, 3.63) is 47.9 Å². The molecule has 6 heterocycles. The Morgan fingerprint density at radius 1 is 1.10 bits per heavy atom. The second kappa shape index (κ2) is 12.3. The van der Waals surface area contributed by atoms with Crippen LogP contribution in [0.4, 0.5) is 23.4 Å². The van der Waals surface area contributed by atoms with Crippen LogP contribution in [-0.4, -0.2) is 113 Å². The molecule has 5 fully saturated rings. The summed E-state index contributed by atoms with van der Waals surface area (Å²) in [4.78, 5) is 27.9. The first-order valence-corrected chi connectivity index (χ1v) is 17.8. The van der Waals surface area contributed by atoms with Crippen LogP contribution in [0, 0.1) is 12.3 Å². The van der Waals surface area contributed by atoms with E-state index >= 15 is 0 Å². The molecule has 4 aliphatic heterocycles. The summed E-state index contributed by atoms with van der Waals surface area (Å²) in [5.41, 5.74) is 3.99. The van der Waals surface area contributed by atoms with E-state index < -0.39 is 24.5 Å². The van der Waals surface area contributed by atoms with E-state index in [0.29, 0.717) is 75.3 Å². The molecule has 52 heavy (non-hydrogen) atoms. The maximum absolute atomic E-state index is 14.0. The van der Waals surface area contributed by atoms with E-state index in [-0.39, 0.29) is 34.7 Å². The Balaban J connectivity index is 1.16. The smallest absolute Gasteiger partial charge is 0.422 e. The number of aromatic amines is 1. The zero-order valence-corrected chi connectivity index (χ0v) is 28.8. The molecule has 4 aromatic rings. The van der Waals surface area contributed by atoms with Crippen molar-refractivity contribution in [2.45, 2.75) is 56.8 Å². The first-order valence-electron chi connectivity index (χ1n) is 17.8. The number of hydrogen-bond donors (Lipinski definition) is 1. The highest BCUT2D eigenvalue weighted by Gasteiger charge is 2.48. The van der Waals surface area contributed by atoms with Gasteiger partial charge in [0, 0.05) is 61.0 Å². The molecular weight excluding hydrogens is 682 g/mol. The number of benzene rings is 2. The van der Waals surface area contributed by atoms with Gasteiger partial charge in [0.2, 0.25) is 0 Å². The zero-order valence-electron chi connectivity index (χ0n) is 28.8. The number of likely N-dealkylation sites (tertiary alicyclic amines) is 2. The Labute approximate surface area is 296 Å². The van der Waals surface area contributed by atoms with Gasteiger partial charge >= 0.3 is 12.2 Å². The molecule has 1 aliphatic carbocycles. The van der Waals surface area contributed by atoms with Crippen LogP contribution in [0.2, 0.25) is 0 Å². The molecule has 11 nitrogen and oxygen atoms in total. The van der Waals surface area contributed by atoms with Gasteiger partial charge < -0.3 is 24.0 Å². The average Bonchev–Trinajstić information content (AvgIpc) is 3.79. The molecule has 0 radical (unpaired) electrons. The molecule has 5 aliphatic rings. The summed E-state index contributed by atoms with van der Waals surface area (Å²) in [5.74, 6) is -0.880. The first-order chi connectivity index (χ1) is 25.0. The second-order valence-corrected chi connectivity index (χ2v) is 15.1. The number of nitrogens with one attached hydrogen (secondary N) is 1. The Morgan fingerprint density at radius 3 is 2.50 bits per heavy atom. The van der Waals surface area contributed by atoms with Gasteiger partial charge in [0.1, 0.15) is 17.4 Å². The number of halogens is 4. The van der Waals surface area contributed by atoms with Crippen molar-refractivity contribution in [1.82, 2.24) is 30.0 Å². The van der Waals surface area contributed by atoms with Gasteiger partial charge in [-0.1, -0.05) is 12.6 Å². The molecule has 9 rings (SSSR count). The SMILES string of the molecule is C=C(F)C(=O)N1CC2(CCN(c3nc(OC4CN(C5COC5)C4)nc4c(OCC(F)(F)F)c(-c5c(C)ccc6[nH]ncc56)c(C5CC5)cc34)CC2)C1. The third-order valence-electron chi connectivity index (χ3n) is 11.4. The summed E-state index contributed by atoms with van der Waals surface area (Å²) < 4.78 is 73.2. The lowest BCUT2D eigenvalue weighted by atomic mass is 9.72. The van der Waals surface area contributed by atoms with Crippen LogP contribution in [0.3, 0.4) is 0 Å². The number of amides is 1. The lowest BCUT2D eigenvalue weighted by Gasteiger charge is -2.54. The van der Waals surface area contributed by atoms with Gasteiger partial charge in [0.25, 0.3) is 5.91 Å². The van der Waals surface area contributed by atoms with Crippen molar-refractivity contribution in [2.24, 2.45) is 5.41 Å². The molecular formula is C37H39F4N7O4. The zero-order chi connectivity index (χ0) is 35.9. The van der Waals surface area contributed by atoms with Crippen molar-refractivity contribution in [3.8, 4) is 22.9 Å². The minimum absolute atomic E-state index is 0.0527. The Hall–Kier alpha value is -4.50. The molecule has 0 atom stereocenters. The van der Waals surface area contributed by atoms with Crippen LogP contribution in [0.5, 0.6) is 11.8 Å². The van der Waals surface area contributed by atoms with Crippen LogP contribution >= 0.6 is 0 Å². The average molecular weight is 722 g/mol. The predicted octanol–water partition coefficient (Wildman–Crippen LogP) is 5.67. The van der Waals surface area contributed by atoms with E-state index in [1.54, 1.807) is 6.20 Å². The molecule has 0 unspecified atom stereocenters.